The molecule has 3 nitrogen and oxygen atoms in total. The molecule has 2 aromatic rings. The van der Waals surface area contributed by atoms with Crippen LogP contribution in [0, 0.1) is 5.92 Å². The van der Waals surface area contributed by atoms with Gasteiger partial charge >= 0.3 is 6.09 Å². The SMILES string of the molecule is C[C@H]1CC[C@H](c2cccc(Br)c2)N(C(=O)OCc2ccccc2)C1. The van der Waals surface area contributed by atoms with Crippen molar-refractivity contribution < 1.29 is 9.53 Å². The molecule has 0 saturated carbocycles. The van der Waals surface area contributed by atoms with E-state index in [1.54, 1.807) is 0 Å². The van der Waals surface area contributed by atoms with E-state index in [2.05, 4.69) is 35.0 Å². The van der Waals surface area contributed by atoms with E-state index in [1.807, 2.05) is 47.4 Å². The summed E-state index contributed by atoms with van der Waals surface area (Å²) in [7, 11) is 0. The number of carbonyl (C=O) groups excluding carboxylic acids is 1. The molecule has 0 aliphatic carbocycles. The Morgan fingerprint density at radius 1 is 1.17 bits per heavy atom. The van der Waals surface area contributed by atoms with E-state index in [-0.39, 0.29) is 12.1 Å². The molecule has 1 fully saturated rings. The first-order chi connectivity index (χ1) is 11.6. The number of nitrogens with zero attached hydrogens (tertiary/aromatic N) is 1. The van der Waals surface area contributed by atoms with Gasteiger partial charge in [0, 0.05) is 11.0 Å². The Balaban J connectivity index is 1.72. The van der Waals surface area contributed by atoms with Gasteiger partial charge in [-0.3, -0.25) is 0 Å². The van der Waals surface area contributed by atoms with E-state index in [4.69, 9.17) is 4.74 Å². The Kier molecular flexibility index (Phi) is 5.56. The molecule has 0 N–H and O–H groups in total. The number of hydrogen-bond acceptors (Lipinski definition) is 2. The van der Waals surface area contributed by atoms with Gasteiger partial charge in [-0.1, -0.05) is 65.3 Å². The lowest BCUT2D eigenvalue weighted by Crippen LogP contribution is -2.41. The van der Waals surface area contributed by atoms with Crippen molar-refractivity contribution >= 4 is 22.0 Å². The van der Waals surface area contributed by atoms with Crippen molar-refractivity contribution in [1.29, 1.82) is 0 Å². The van der Waals surface area contributed by atoms with Gasteiger partial charge in [0.15, 0.2) is 0 Å². The first-order valence-electron chi connectivity index (χ1n) is 8.36. The van der Waals surface area contributed by atoms with E-state index >= 15 is 0 Å². The zero-order valence-corrected chi connectivity index (χ0v) is 15.4. The fraction of sp³-hybridized carbons (Fsp3) is 0.350. The highest BCUT2D eigenvalue weighted by molar-refractivity contribution is 9.10. The molecule has 126 valence electrons. The maximum atomic E-state index is 12.7. The molecule has 2 aromatic carbocycles. The number of piperidine rings is 1. The molecule has 0 spiro atoms. The molecule has 0 aromatic heterocycles. The van der Waals surface area contributed by atoms with Crippen LogP contribution in [0.5, 0.6) is 0 Å². The van der Waals surface area contributed by atoms with E-state index in [0.717, 1.165) is 35.0 Å². The minimum atomic E-state index is -0.227. The maximum Gasteiger partial charge on any atom is 0.410 e. The summed E-state index contributed by atoms with van der Waals surface area (Å²) >= 11 is 3.52. The zero-order valence-electron chi connectivity index (χ0n) is 13.8. The topological polar surface area (TPSA) is 29.5 Å². The summed E-state index contributed by atoms with van der Waals surface area (Å²) in [6.45, 7) is 3.25. The van der Waals surface area contributed by atoms with Gasteiger partial charge in [0.25, 0.3) is 0 Å². The largest absolute Gasteiger partial charge is 0.445 e. The van der Waals surface area contributed by atoms with Gasteiger partial charge in [-0.25, -0.2) is 4.79 Å². The van der Waals surface area contributed by atoms with Gasteiger partial charge in [0.1, 0.15) is 6.61 Å². The summed E-state index contributed by atoms with van der Waals surface area (Å²) in [6, 6.07) is 18.1. The molecular formula is C20H22BrNO2. The van der Waals surface area contributed by atoms with Crippen LogP contribution in [0.4, 0.5) is 4.79 Å². The Morgan fingerprint density at radius 2 is 1.96 bits per heavy atom. The van der Waals surface area contributed by atoms with E-state index < -0.39 is 0 Å². The summed E-state index contributed by atoms with van der Waals surface area (Å²) in [4.78, 5) is 14.6. The van der Waals surface area contributed by atoms with E-state index in [1.165, 1.54) is 0 Å². The quantitative estimate of drug-likeness (QED) is 0.689. The Morgan fingerprint density at radius 3 is 2.71 bits per heavy atom. The second-order valence-corrected chi connectivity index (χ2v) is 7.36. The van der Waals surface area contributed by atoms with Gasteiger partial charge in [0.05, 0.1) is 6.04 Å². The lowest BCUT2D eigenvalue weighted by molar-refractivity contribution is 0.0564. The van der Waals surface area contributed by atoms with Gasteiger partial charge in [-0.15, -0.1) is 0 Å². The first kappa shape index (κ1) is 17.0. The highest BCUT2D eigenvalue weighted by atomic mass is 79.9. The first-order valence-corrected chi connectivity index (χ1v) is 9.15. The lowest BCUT2D eigenvalue weighted by Gasteiger charge is -2.38. The third kappa shape index (κ3) is 4.18. The van der Waals surface area contributed by atoms with E-state index in [0.29, 0.717) is 12.5 Å². The number of amides is 1. The van der Waals surface area contributed by atoms with Gasteiger partial charge in [-0.05, 0) is 42.0 Å². The highest BCUT2D eigenvalue weighted by Crippen LogP contribution is 2.34. The van der Waals surface area contributed by atoms with Crippen LogP contribution < -0.4 is 0 Å². The molecule has 1 amide bonds. The molecule has 1 heterocycles. The van der Waals surface area contributed by atoms with Crippen LogP contribution in [0.3, 0.4) is 0 Å². The standard InChI is InChI=1S/C20H22BrNO2/c1-15-10-11-19(17-8-5-9-18(21)12-17)22(13-15)20(23)24-14-16-6-3-2-4-7-16/h2-9,12,15,19H,10-11,13-14H2,1H3/t15-,19+/m0/s1. The number of halogens is 1. The van der Waals surface area contributed by atoms with Crippen LogP contribution in [-0.2, 0) is 11.3 Å². The van der Waals surface area contributed by atoms with Crippen molar-refractivity contribution in [1.82, 2.24) is 4.90 Å². The number of likely N-dealkylation sites (tertiary alicyclic amines) is 1. The normalized spacial score (nSPS) is 20.7. The molecule has 3 rings (SSSR count). The number of carbonyl (C=O) groups is 1. The number of ether oxygens (including phenoxy) is 1. The van der Waals surface area contributed by atoms with Crippen molar-refractivity contribution in [2.24, 2.45) is 5.92 Å². The summed E-state index contributed by atoms with van der Waals surface area (Å²) in [6.07, 6.45) is 1.87. The van der Waals surface area contributed by atoms with E-state index in [9.17, 15) is 4.79 Å². The molecule has 1 saturated heterocycles. The summed E-state index contributed by atoms with van der Waals surface area (Å²) in [5.74, 6) is 0.498. The van der Waals surface area contributed by atoms with Gasteiger partial charge < -0.3 is 9.64 Å². The van der Waals surface area contributed by atoms with Crippen LogP contribution in [0.2, 0.25) is 0 Å². The number of benzene rings is 2. The van der Waals surface area contributed by atoms with Crippen LogP contribution >= 0.6 is 15.9 Å². The maximum absolute atomic E-state index is 12.7. The van der Waals surface area contributed by atoms with Crippen LogP contribution in [-0.4, -0.2) is 17.5 Å². The average Bonchev–Trinajstić information content (AvgIpc) is 2.60. The fourth-order valence-corrected chi connectivity index (χ4v) is 3.63. The highest BCUT2D eigenvalue weighted by Gasteiger charge is 2.32. The zero-order chi connectivity index (χ0) is 16.9. The fourth-order valence-electron chi connectivity index (χ4n) is 3.22. The molecule has 0 bridgehead atoms. The summed E-state index contributed by atoms with van der Waals surface area (Å²) < 4.78 is 6.61. The van der Waals surface area contributed by atoms with Gasteiger partial charge in [-0.2, -0.15) is 0 Å². The third-order valence-corrected chi connectivity index (χ3v) is 4.98. The Bertz CT molecular complexity index is 689. The molecule has 0 radical (unpaired) electrons. The summed E-state index contributed by atoms with van der Waals surface area (Å²) in [5.41, 5.74) is 2.17. The Labute approximate surface area is 151 Å². The van der Waals surface area contributed by atoms with Crippen LogP contribution in [0.15, 0.2) is 59.1 Å². The molecule has 4 heteroatoms. The van der Waals surface area contributed by atoms with Crippen LogP contribution in [0.1, 0.15) is 36.9 Å². The summed E-state index contributed by atoms with van der Waals surface area (Å²) in [5, 5.41) is 0. The monoisotopic (exact) mass is 387 g/mol. The number of hydrogen-bond donors (Lipinski definition) is 0. The minimum absolute atomic E-state index is 0.0852. The van der Waals surface area contributed by atoms with Crippen molar-refractivity contribution in [3.8, 4) is 0 Å². The third-order valence-electron chi connectivity index (χ3n) is 4.49. The molecule has 2 atom stereocenters. The lowest BCUT2D eigenvalue weighted by atomic mass is 9.90. The van der Waals surface area contributed by atoms with Crippen molar-refractivity contribution in [2.45, 2.75) is 32.4 Å². The predicted octanol–water partition coefficient (Wildman–Crippen LogP) is 5.56. The molecule has 0 unspecified atom stereocenters. The predicted molar refractivity (Wildman–Crippen MR) is 98.6 cm³/mol. The Hall–Kier alpha value is -1.81. The number of rotatable bonds is 3. The van der Waals surface area contributed by atoms with Crippen molar-refractivity contribution in [2.75, 3.05) is 6.54 Å². The molecule has 1 aliphatic rings. The smallest absolute Gasteiger partial charge is 0.410 e. The average molecular weight is 388 g/mol. The minimum Gasteiger partial charge on any atom is -0.445 e. The van der Waals surface area contributed by atoms with Crippen molar-refractivity contribution in [3.63, 3.8) is 0 Å². The second-order valence-electron chi connectivity index (χ2n) is 6.45. The van der Waals surface area contributed by atoms with Crippen LogP contribution in [0.25, 0.3) is 0 Å². The second kappa shape index (κ2) is 7.84. The molecule has 24 heavy (non-hydrogen) atoms. The van der Waals surface area contributed by atoms with Gasteiger partial charge in [0.2, 0.25) is 0 Å². The van der Waals surface area contributed by atoms with Crippen molar-refractivity contribution in [3.05, 3.63) is 70.2 Å². The molecular weight excluding hydrogens is 366 g/mol. The molecule has 1 aliphatic heterocycles.